The van der Waals surface area contributed by atoms with E-state index >= 15 is 0 Å². The molecule has 0 aliphatic carbocycles. The van der Waals surface area contributed by atoms with Gasteiger partial charge >= 0.3 is 0 Å². The molecule has 1 amide bonds. The summed E-state index contributed by atoms with van der Waals surface area (Å²) in [6.45, 7) is 5.93. The van der Waals surface area contributed by atoms with Crippen LogP contribution in [0.15, 0.2) is 18.2 Å². The molecule has 0 radical (unpaired) electrons. The fourth-order valence-electron chi connectivity index (χ4n) is 1.84. The summed E-state index contributed by atoms with van der Waals surface area (Å²) in [5.74, 6) is 5.31. The highest BCUT2D eigenvalue weighted by Gasteiger charge is 2.26. The number of nitro groups is 1. The van der Waals surface area contributed by atoms with E-state index in [1.165, 1.54) is 18.2 Å². The summed E-state index contributed by atoms with van der Waals surface area (Å²) < 4.78 is 0. The molecule has 3 N–H and O–H groups in total. The average molecular weight is 280 g/mol. The number of carbonyl (C=O) groups excluding carboxylic acids is 1. The number of anilines is 1. The van der Waals surface area contributed by atoms with Crippen molar-refractivity contribution in [3.8, 4) is 0 Å². The van der Waals surface area contributed by atoms with Crippen molar-refractivity contribution in [1.82, 2.24) is 4.90 Å². The molecule has 7 nitrogen and oxygen atoms in total. The SMILES string of the molecule is CC(C)C(C)N(C)C(=O)c1cccc([N+](=O)[O-])c1NN. The number of hydrazine groups is 1. The van der Waals surface area contributed by atoms with Gasteiger partial charge in [0.15, 0.2) is 0 Å². The number of nitro benzene ring substituents is 1. The topological polar surface area (TPSA) is 102 Å². The van der Waals surface area contributed by atoms with Crippen LogP contribution in [0.1, 0.15) is 31.1 Å². The lowest BCUT2D eigenvalue weighted by molar-refractivity contribution is -0.384. The van der Waals surface area contributed by atoms with Crippen molar-refractivity contribution >= 4 is 17.3 Å². The Morgan fingerprint density at radius 2 is 2.00 bits per heavy atom. The molecular formula is C13H20N4O3. The minimum absolute atomic E-state index is 0.00684. The first-order chi connectivity index (χ1) is 9.31. The van der Waals surface area contributed by atoms with Crippen LogP contribution >= 0.6 is 0 Å². The zero-order chi connectivity index (χ0) is 15.4. The Kier molecular flexibility index (Phi) is 5.04. The third-order valence-corrected chi connectivity index (χ3v) is 3.51. The van der Waals surface area contributed by atoms with Crippen LogP contribution in [-0.4, -0.2) is 28.8 Å². The standard InChI is InChI=1S/C13H20N4O3/c1-8(2)9(3)16(4)13(18)10-6-5-7-11(17(19)20)12(10)15-14/h5-9,15H,14H2,1-4H3. The van der Waals surface area contributed by atoms with Gasteiger partial charge in [-0.3, -0.25) is 20.8 Å². The maximum absolute atomic E-state index is 12.5. The van der Waals surface area contributed by atoms with E-state index in [1.807, 2.05) is 20.8 Å². The summed E-state index contributed by atoms with van der Waals surface area (Å²) in [7, 11) is 1.67. The number of nitrogens with one attached hydrogen (secondary N) is 1. The Labute approximate surface area is 117 Å². The summed E-state index contributed by atoms with van der Waals surface area (Å²) in [6, 6.07) is 4.30. The Hall–Kier alpha value is -2.15. The second-order valence-corrected chi connectivity index (χ2v) is 5.00. The summed E-state index contributed by atoms with van der Waals surface area (Å²) in [5, 5.41) is 11.0. The van der Waals surface area contributed by atoms with Crippen molar-refractivity contribution in [3.05, 3.63) is 33.9 Å². The van der Waals surface area contributed by atoms with E-state index in [2.05, 4.69) is 5.43 Å². The third kappa shape index (κ3) is 3.05. The molecule has 1 unspecified atom stereocenters. The van der Waals surface area contributed by atoms with Crippen LogP contribution < -0.4 is 11.3 Å². The molecule has 1 atom stereocenters. The molecule has 0 aromatic heterocycles. The monoisotopic (exact) mass is 280 g/mol. The molecule has 0 saturated heterocycles. The van der Waals surface area contributed by atoms with Crippen LogP contribution in [0.25, 0.3) is 0 Å². The summed E-state index contributed by atoms with van der Waals surface area (Å²) in [6.07, 6.45) is 0. The van der Waals surface area contributed by atoms with E-state index in [9.17, 15) is 14.9 Å². The molecule has 1 aromatic carbocycles. The molecule has 0 fully saturated rings. The maximum Gasteiger partial charge on any atom is 0.294 e. The number of rotatable bonds is 5. The maximum atomic E-state index is 12.5. The summed E-state index contributed by atoms with van der Waals surface area (Å²) in [5.41, 5.74) is 2.27. The van der Waals surface area contributed by atoms with E-state index in [-0.39, 0.29) is 34.8 Å². The Balaban J connectivity index is 3.23. The lowest BCUT2D eigenvalue weighted by Gasteiger charge is -2.28. The first-order valence-corrected chi connectivity index (χ1v) is 6.32. The summed E-state index contributed by atoms with van der Waals surface area (Å²) >= 11 is 0. The Morgan fingerprint density at radius 3 is 2.45 bits per heavy atom. The number of hydrogen-bond acceptors (Lipinski definition) is 5. The quantitative estimate of drug-likeness (QED) is 0.488. The smallest absolute Gasteiger partial charge is 0.294 e. The average Bonchev–Trinajstić information content (AvgIpc) is 2.43. The molecular weight excluding hydrogens is 260 g/mol. The predicted octanol–water partition coefficient (Wildman–Crippen LogP) is 2.00. The molecule has 20 heavy (non-hydrogen) atoms. The zero-order valence-corrected chi connectivity index (χ0v) is 12.1. The van der Waals surface area contributed by atoms with Gasteiger partial charge in [0.1, 0.15) is 5.69 Å². The van der Waals surface area contributed by atoms with E-state index in [4.69, 9.17) is 5.84 Å². The molecule has 0 aliphatic heterocycles. The van der Waals surface area contributed by atoms with Gasteiger partial charge in [0.2, 0.25) is 0 Å². The first-order valence-electron chi connectivity index (χ1n) is 6.32. The lowest BCUT2D eigenvalue weighted by atomic mass is 10.0. The number of benzene rings is 1. The van der Waals surface area contributed by atoms with E-state index < -0.39 is 4.92 Å². The lowest BCUT2D eigenvalue weighted by Crippen LogP contribution is -2.38. The van der Waals surface area contributed by atoms with Gasteiger partial charge in [-0.05, 0) is 18.9 Å². The molecule has 0 saturated carbocycles. The molecule has 0 bridgehead atoms. The largest absolute Gasteiger partial charge is 0.339 e. The van der Waals surface area contributed by atoms with E-state index in [0.717, 1.165) is 0 Å². The second-order valence-electron chi connectivity index (χ2n) is 5.00. The highest BCUT2D eigenvalue weighted by molar-refractivity contribution is 6.01. The number of nitrogen functional groups attached to an aromatic ring is 1. The highest BCUT2D eigenvalue weighted by atomic mass is 16.6. The molecule has 1 aromatic rings. The fraction of sp³-hybridized carbons (Fsp3) is 0.462. The molecule has 1 rings (SSSR count). The van der Waals surface area contributed by atoms with Crippen LogP contribution in [0.2, 0.25) is 0 Å². The molecule has 110 valence electrons. The number of hydrogen-bond donors (Lipinski definition) is 2. The normalized spacial score (nSPS) is 12.1. The first kappa shape index (κ1) is 15.9. The van der Waals surface area contributed by atoms with Crippen LogP contribution in [0.4, 0.5) is 11.4 Å². The predicted molar refractivity (Wildman–Crippen MR) is 77.3 cm³/mol. The zero-order valence-electron chi connectivity index (χ0n) is 12.1. The number of amides is 1. The van der Waals surface area contributed by atoms with Crippen molar-refractivity contribution in [2.45, 2.75) is 26.8 Å². The van der Waals surface area contributed by atoms with Gasteiger partial charge in [-0.1, -0.05) is 19.9 Å². The Morgan fingerprint density at radius 1 is 1.40 bits per heavy atom. The minimum atomic E-state index is -0.572. The van der Waals surface area contributed by atoms with Gasteiger partial charge in [0.05, 0.1) is 10.5 Å². The number of para-hydroxylation sites is 1. The van der Waals surface area contributed by atoms with Gasteiger partial charge in [0, 0.05) is 19.2 Å². The highest BCUT2D eigenvalue weighted by Crippen LogP contribution is 2.28. The van der Waals surface area contributed by atoms with Crippen molar-refractivity contribution in [2.24, 2.45) is 11.8 Å². The van der Waals surface area contributed by atoms with Crippen LogP contribution in [0.3, 0.4) is 0 Å². The van der Waals surface area contributed by atoms with Gasteiger partial charge in [-0.2, -0.15) is 0 Å². The van der Waals surface area contributed by atoms with E-state index in [0.29, 0.717) is 0 Å². The third-order valence-electron chi connectivity index (χ3n) is 3.51. The van der Waals surface area contributed by atoms with Gasteiger partial charge in [-0.15, -0.1) is 0 Å². The van der Waals surface area contributed by atoms with Crippen LogP contribution in [-0.2, 0) is 0 Å². The molecule has 0 aliphatic rings. The van der Waals surface area contributed by atoms with Gasteiger partial charge in [0.25, 0.3) is 11.6 Å². The van der Waals surface area contributed by atoms with Crippen molar-refractivity contribution < 1.29 is 9.72 Å². The number of nitrogens with zero attached hydrogens (tertiary/aromatic N) is 2. The fourth-order valence-corrected chi connectivity index (χ4v) is 1.84. The number of nitrogens with two attached hydrogens (primary N) is 1. The molecule has 0 spiro atoms. The van der Waals surface area contributed by atoms with Crippen molar-refractivity contribution in [3.63, 3.8) is 0 Å². The van der Waals surface area contributed by atoms with Crippen molar-refractivity contribution in [1.29, 1.82) is 0 Å². The van der Waals surface area contributed by atoms with Crippen molar-refractivity contribution in [2.75, 3.05) is 12.5 Å². The molecule has 7 heteroatoms. The number of carbonyl (C=O) groups is 1. The van der Waals surface area contributed by atoms with Gasteiger partial charge < -0.3 is 10.3 Å². The van der Waals surface area contributed by atoms with Gasteiger partial charge in [-0.25, -0.2) is 0 Å². The van der Waals surface area contributed by atoms with Crippen LogP contribution in [0.5, 0.6) is 0 Å². The molecule has 0 heterocycles. The van der Waals surface area contributed by atoms with E-state index in [1.54, 1.807) is 11.9 Å². The summed E-state index contributed by atoms with van der Waals surface area (Å²) in [4.78, 5) is 24.4. The second kappa shape index (κ2) is 6.33. The van der Waals surface area contributed by atoms with Crippen LogP contribution in [0, 0.1) is 16.0 Å². The minimum Gasteiger partial charge on any atom is -0.339 e. The Bertz CT molecular complexity index is 516.